The molecular formula is C24H16N2O3S. The molecule has 5 rings (SSSR count). The fourth-order valence-electron chi connectivity index (χ4n) is 3.29. The normalized spacial score (nSPS) is 12.0. The summed E-state index contributed by atoms with van der Waals surface area (Å²) in [5, 5.41) is 0. The van der Waals surface area contributed by atoms with Crippen LogP contribution < -0.4 is 14.8 Å². The van der Waals surface area contributed by atoms with E-state index in [1.165, 1.54) is 11.3 Å². The van der Waals surface area contributed by atoms with Crippen LogP contribution in [0.4, 0.5) is 0 Å². The second-order valence-corrected chi connectivity index (χ2v) is 7.97. The molecule has 0 aliphatic heterocycles. The monoisotopic (exact) mass is 412 g/mol. The number of aryl methyl sites for hydroxylation is 1. The number of carbonyl (C=O) groups is 1. The highest BCUT2D eigenvalue weighted by Gasteiger charge is 2.11. The minimum atomic E-state index is -0.419. The lowest BCUT2D eigenvalue weighted by Crippen LogP contribution is -2.22. The van der Waals surface area contributed by atoms with Gasteiger partial charge in [-0.2, -0.15) is 0 Å². The number of nitrogens with zero attached hydrogens (tertiary/aromatic N) is 2. The summed E-state index contributed by atoms with van der Waals surface area (Å²) in [4.78, 5) is 30.5. The second-order valence-electron chi connectivity index (χ2n) is 6.96. The first-order chi connectivity index (χ1) is 14.6. The number of carbonyl (C=O) groups excluding carboxylic acids is 1. The summed E-state index contributed by atoms with van der Waals surface area (Å²) < 4.78 is 7.71. The van der Waals surface area contributed by atoms with E-state index >= 15 is 0 Å². The molecular weight excluding hydrogens is 396 g/mol. The van der Waals surface area contributed by atoms with Crippen molar-refractivity contribution < 1.29 is 9.53 Å². The molecule has 0 aliphatic carbocycles. The van der Waals surface area contributed by atoms with Crippen molar-refractivity contribution in [3.05, 3.63) is 104 Å². The molecule has 5 nitrogen and oxygen atoms in total. The predicted molar refractivity (Wildman–Crippen MR) is 118 cm³/mol. The zero-order valence-electron chi connectivity index (χ0n) is 16.0. The van der Waals surface area contributed by atoms with Crippen LogP contribution in [0, 0.1) is 6.92 Å². The zero-order chi connectivity index (χ0) is 20.7. The van der Waals surface area contributed by atoms with E-state index in [-0.39, 0.29) is 5.56 Å². The molecule has 3 aromatic carbocycles. The first kappa shape index (κ1) is 18.3. The zero-order valence-corrected chi connectivity index (χ0v) is 16.8. The van der Waals surface area contributed by atoms with Gasteiger partial charge >= 0.3 is 5.97 Å². The number of imidazole rings is 1. The van der Waals surface area contributed by atoms with E-state index < -0.39 is 5.97 Å². The van der Waals surface area contributed by atoms with E-state index in [0.29, 0.717) is 20.8 Å². The van der Waals surface area contributed by atoms with Crippen molar-refractivity contribution >= 4 is 39.4 Å². The first-order valence-corrected chi connectivity index (χ1v) is 10.2. The van der Waals surface area contributed by atoms with Gasteiger partial charge in [0, 0.05) is 0 Å². The van der Waals surface area contributed by atoms with Crippen LogP contribution in [0.2, 0.25) is 0 Å². The van der Waals surface area contributed by atoms with Crippen molar-refractivity contribution in [3.63, 3.8) is 0 Å². The Kier molecular flexibility index (Phi) is 4.41. The highest BCUT2D eigenvalue weighted by molar-refractivity contribution is 7.15. The van der Waals surface area contributed by atoms with Gasteiger partial charge in [-0.15, -0.1) is 0 Å². The van der Waals surface area contributed by atoms with Crippen molar-refractivity contribution in [1.82, 2.24) is 9.38 Å². The number of thiazole rings is 1. The standard InChI is InChI=1S/C24H16N2O3S/c1-15-9-11-17(12-10-15)23(28)29-18-6-4-5-16(13-18)14-21-22(27)26-20-8-3-2-7-19(20)25-24(26)30-21/h2-14H,1H3/b21-14-. The fourth-order valence-corrected chi connectivity index (χ4v) is 4.27. The van der Waals surface area contributed by atoms with Gasteiger partial charge in [-0.1, -0.05) is 53.3 Å². The minimum absolute atomic E-state index is 0.106. The summed E-state index contributed by atoms with van der Waals surface area (Å²) in [6.07, 6.45) is 1.79. The summed E-state index contributed by atoms with van der Waals surface area (Å²) >= 11 is 1.34. The van der Waals surface area contributed by atoms with Crippen LogP contribution in [0.15, 0.2) is 77.6 Å². The van der Waals surface area contributed by atoms with Gasteiger partial charge in [0.1, 0.15) is 5.75 Å². The summed E-state index contributed by atoms with van der Waals surface area (Å²) in [7, 11) is 0. The summed E-state index contributed by atoms with van der Waals surface area (Å²) in [5.41, 5.74) is 3.84. The third-order valence-electron chi connectivity index (χ3n) is 4.80. The van der Waals surface area contributed by atoms with Crippen LogP contribution >= 0.6 is 11.3 Å². The van der Waals surface area contributed by atoms with Gasteiger partial charge < -0.3 is 4.74 Å². The number of benzene rings is 3. The van der Waals surface area contributed by atoms with Crippen molar-refractivity contribution in [3.8, 4) is 5.75 Å². The number of hydrogen-bond acceptors (Lipinski definition) is 5. The van der Waals surface area contributed by atoms with E-state index in [0.717, 1.165) is 22.2 Å². The Morgan fingerprint density at radius 2 is 1.83 bits per heavy atom. The summed E-state index contributed by atoms with van der Waals surface area (Å²) in [5.74, 6) is 0.00582. The maximum atomic E-state index is 12.9. The molecule has 146 valence electrons. The minimum Gasteiger partial charge on any atom is -0.423 e. The maximum absolute atomic E-state index is 12.9. The SMILES string of the molecule is Cc1ccc(C(=O)Oc2cccc(/C=c3\sc4nc5ccccc5n4c3=O)c2)cc1. The fraction of sp³-hybridized carbons (Fsp3) is 0.0417. The molecule has 0 N–H and O–H groups in total. The van der Waals surface area contributed by atoms with E-state index in [2.05, 4.69) is 4.98 Å². The van der Waals surface area contributed by atoms with E-state index in [1.54, 1.807) is 40.8 Å². The predicted octanol–water partition coefficient (Wildman–Crippen LogP) is 3.98. The Morgan fingerprint density at radius 1 is 1.03 bits per heavy atom. The summed E-state index contributed by atoms with van der Waals surface area (Å²) in [6.45, 7) is 1.96. The molecule has 0 bridgehead atoms. The summed E-state index contributed by atoms with van der Waals surface area (Å²) in [6, 6.07) is 21.9. The van der Waals surface area contributed by atoms with Gasteiger partial charge in [0.05, 0.1) is 21.1 Å². The van der Waals surface area contributed by atoms with Gasteiger partial charge in [0.2, 0.25) is 0 Å². The molecule has 30 heavy (non-hydrogen) atoms. The Bertz CT molecular complexity index is 1510. The average molecular weight is 412 g/mol. The van der Waals surface area contributed by atoms with Crippen molar-refractivity contribution in [1.29, 1.82) is 0 Å². The number of rotatable bonds is 3. The molecule has 0 saturated heterocycles. The molecule has 0 atom stereocenters. The van der Waals surface area contributed by atoms with E-state index in [4.69, 9.17) is 4.74 Å². The molecule has 0 radical (unpaired) electrons. The molecule has 0 spiro atoms. The van der Waals surface area contributed by atoms with Crippen LogP contribution in [0.5, 0.6) is 5.75 Å². The maximum Gasteiger partial charge on any atom is 0.343 e. The Morgan fingerprint density at radius 3 is 2.67 bits per heavy atom. The lowest BCUT2D eigenvalue weighted by Gasteiger charge is -2.05. The quantitative estimate of drug-likeness (QED) is 0.332. The molecule has 0 fully saturated rings. The molecule has 0 amide bonds. The molecule has 0 saturated carbocycles. The van der Waals surface area contributed by atoms with Gasteiger partial charge in [-0.3, -0.25) is 4.79 Å². The van der Waals surface area contributed by atoms with Crippen molar-refractivity contribution in [2.45, 2.75) is 6.92 Å². The average Bonchev–Trinajstić information content (AvgIpc) is 3.25. The largest absolute Gasteiger partial charge is 0.423 e. The third-order valence-corrected chi connectivity index (χ3v) is 5.77. The van der Waals surface area contributed by atoms with Crippen LogP contribution in [-0.4, -0.2) is 15.4 Å². The van der Waals surface area contributed by atoms with Crippen molar-refractivity contribution in [2.75, 3.05) is 0 Å². The number of fused-ring (bicyclic) bond motifs is 3. The van der Waals surface area contributed by atoms with Crippen LogP contribution in [0.1, 0.15) is 21.5 Å². The van der Waals surface area contributed by atoms with Gasteiger partial charge in [-0.05, 0) is 55.0 Å². The highest BCUT2D eigenvalue weighted by atomic mass is 32.1. The number of para-hydroxylation sites is 2. The highest BCUT2D eigenvalue weighted by Crippen LogP contribution is 2.18. The van der Waals surface area contributed by atoms with Crippen molar-refractivity contribution in [2.24, 2.45) is 0 Å². The molecule has 2 heterocycles. The molecule has 5 aromatic rings. The van der Waals surface area contributed by atoms with E-state index in [1.807, 2.05) is 49.4 Å². The Hall–Kier alpha value is -3.77. The number of hydrogen-bond donors (Lipinski definition) is 0. The van der Waals surface area contributed by atoms with Gasteiger partial charge in [0.15, 0.2) is 4.96 Å². The molecule has 2 aromatic heterocycles. The molecule has 0 aliphatic rings. The number of aromatic nitrogens is 2. The Balaban J connectivity index is 1.49. The lowest BCUT2D eigenvalue weighted by molar-refractivity contribution is 0.0735. The van der Waals surface area contributed by atoms with Gasteiger partial charge in [0.25, 0.3) is 5.56 Å². The van der Waals surface area contributed by atoms with Crippen LogP contribution in [-0.2, 0) is 0 Å². The van der Waals surface area contributed by atoms with E-state index in [9.17, 15) is 9.59 Å². The van der Waals surface area contributed by atoms with Crippen LogP contribution in [0.3, 0.4) is 0 Å². The Labute approximate surface area is 175 Å². The topological polar surface area (TPSA) is 60.7 Å². The molecule has 0 unspecified atom stereocenters. The second kappa shape index (κ2) is 7.24. The lowest BCUT2D eigenvalue weighted by atomic mass is 10.1. The number of ether oxygens (including phenoxy) is 1. The van der Waals surface area contributed by atoms with Crippen LogP contribution in [0.25, 0.3) is 22.1 Å². The first-order valence-electron chi connectivity index (χ1n) is 9.39. The number of esters is 1. The third kappa shape index (κ3) is 3.27. The van der Waals surface area contributed by atoms with Gasteiger partial charge in [-0.25, -0.2) is 14.2 Å². The smallest absolute Gasteiger partial charge is 0.343 e. The molecule has 6 heteroatoms.